The smallest absolute Gasteiger partial charge is 0.259 e. The van der Waals surface area contributed by atoms with E-state index in [1.807, 2.05) is 31.6 Å². The monoisotopic (exact) mass is 364 g/mol. The van der Waals surface area contributed by atoms with Crippen molar-refractivity contribution in [3.63, 3.8) is 0 Å². The topological polar surface area (TPSA) is 83.7 Å². The summed E-state index contributed by atoms with van der Waals surface area (Å²) in [4.78, 5) is 10.8. The number of H-pyrrole nitrogens is 1. The highest BCUT2D eigenvalue weighted by molar-refractivity contribution is 5.60. The van der Waals surface area contributed by atoms with Crippen LogP contribution in [0, 0.1) is 5.82 Å². The van der Waals surface area contributed by atoms with Gasteiger partial charge in [-0.05, 0) is 36.2 Å². The van der Waals surface area contributed by atoms with Crippen LogP contribution in [0.3, 0.4) is 0 Å². The number of halogens is 1. The number of anilines is 1. The highest BCUT2D eigenvalue weighted by Crippen LogP contribution is 2.24. The van der Waals surface area contributed by atoms with Gasteiger partial charge in [0.15, 0.2) is 0 Å². The molecule has 0 unspecified atom stereocenters. The minimum Gasteiger partial charge on any atom is -0.359 e. The lowest BCUT2D eigenvalue weighted by molar-refractivity contribution is 0.431. The number of aromatic amines is 1. The first kappa shape index (κ1) is 16.9. The molecule has 4 rings (SSSR count). The van der Waals surface area contributed by atoms with E-state index in [1.54, 1.807) is 24.4 Å². The predicted molar refractivity (Wildman–Crippen MR) is 98.5 cm³/mol. The Balaban J connectivity index is 1.47. The second kappa shape index (κ2) is 7.36. The number of hydrogen-bond acceptors (Lipinski definition) is 6. The van der Waals surface area contributed by atoms with Gasteiger partial charge in [0, 0.05) is 26.0 Å². The molecule has 0 bridgehead atoms. The maximum Gasteiger partial charge on any atom is 0.259 e. The fraction of sp³-hybridized carbons (Fsp3) is 0.158. The molecule has 0 aliphatic heterocycles. The maximum atomic E-state index is 13.9. The molecule has 3 aromatic heterocycles. The second-order valence-electron chi connectivity index (χ2n) is 6.09. The van der Waals surface area contributed by atoms with E-state index < -0.39 is 5.82 Å². The third kappa shape index (κ3) is 3.69. The Morgan fingerprint density at radius 2 is 2.04 bits per heavy atom. The van der Waals surface area contributed by atoms with Gasteiger partial charge in [0.05, 0.1) is 17.3 Å². The minimum absolute atomic E-state index is 0.212. The van der Waals surface area contributed by atoms with Crippen LogP contribution in [0.5, 0.6) is 0 Å². The molecular weight excluding hydrogens is 347 g/mol. The van der Waals surface area contributed by atoms with Crippen molar-refractivity contribution in [3.8, 4) is 22.8 Å². The van der Waals surface area contributed by atoms with Crippen molar-refractivity contribution >= 4 is 5.82 Å². The molecule has 0 spiro atoms. The van der Waals surface area contributed by atoms with Gasteiger partial charge in [-0.25, -0.2) is 9.37 Å². The molecule has 7 nitrogen and oxygen atoms in total. The molecule has 0 amide bonds. The van der Waals surface area contributed by atoms with E-state index in [4.69, 9.17) is 4.52 Å². The quantitative estimate of drug-likeness (QED) is 0.565. The normalized spacial score (nSPS) is 10.9. The Kier molecular flexibility index (Phi) is 4.61. The van der Waals surface area contributed by atoms with Crippen molar-refractivity contribution in [2.45, 2.75) is 6.42 Å². The van der Waals surface area contributed by atoms with Gasteiger partial charge >= 0.3 is 0 Å². The number of likely N-dealkylation sites (N-methyl/N-ethyl adjacent to an activating group) is 1. The summed E-state index contributed by atoms with van der Waals surface area (Å²) >= 11 is 0. The molecule has 3 heterocycles. The van der Waals surface area contributed by atoms with E-state index >= 15 is 0 Å². The number of aromatic nitrogens is 5. The van der Waals surface area contributed by atoms with Crippen LogP contribution in [0.1, 0.15) is 5.56 Å². The molecule has 27 heavy (non-hydrogen) atoms. The first-order valence-electron chi connectivity index (χ1n) is 8.44. The minimum atomic E-state index is -0.391. The van der Waals surface area contributed by atoms with Crippen LogP contribution in [0.25, 0.3) is 22.8 Å². The lowest BCUT2D eigenvalue weighted by Crippen LogP contribution is -2.21. The van der Waals surface area contributed by atoms with Crippen molar-refractivity contribution in [1.82, 2.24) is 25.3 Å². The molecule has 0 saturated heterocycles. The molecule has 4 aromatic rings. The Morgan fingerprint density at radius 1 is 1.15 bits per heavy atom. The molecule has 1 aromatic carbocycles. The Morgan fingerprint density at radius 3 is 2.78 bits per heavy atom. The number of benzene rings is 1. The van der Waals surface area contributed by atoms with Crippen molar-refractivity contribution in [1.29, 1.82) is 0 Å². The van der Waals surface area contributed by atoms with Gasteiger partial charge < -0.3 is 9.42 Å². The molecule has 0 fully saturated rings. The fourth-order valence-corrected chi connectivity index (χ4v) is 2.66. The third-order valence-corrected chi connectivity index (χ3v) is 4.22. The number of nitrogens with one attached hydrogen (secondary N) is 1. The van der Waals surface area contributed by atoms with Crippen molar-refractivity contribution < 1.29 is 8.91 Å². The van der Waals surface area contributed by atoms with Gasteiger partial charge in [0.1, 0.15) is 11.6 Å². The average molecular weight is 364 g/mol. The highest BCUT2D eigenvalue weighted by atomic mass is 19.1. The zero-order chi connectivity index (χ0) is 18.6. The van der Waals surface area contributed by atoms with Crippen LogP contribution in [-0.2, 0) is 6.42 Å². The zero-order valence-electron chi connectivity index (χ0n) is 14.6. The number of pyridine rings is 1. The lowest BCUT2D eigenvalue weighted by Gasteiger charge is -2.17. The second-order valence-corrected chi connectivity index (χ2v) is 6.09. The Hall–Kier alpha value is -3.55. The Bertz CT molecular complexity index is 1010. The van der Waals surface area contributed by atoms with Gasteiger partial charge in [0.2, 0.25) is 5.82 Å². The summed E-state index contributed by atoms with van der Waals surface area (Å²) in [5.41, 5.74) is 2.12. The van der Waals surface area contributed by atoms with E-state index in [0.29, 0.717) is 17.0 Å². The van der Waals surface area contributed by atoms with Crippen LogP contribution in [0.2, 0.25) is 0 Å². The van der Waals surface area contributed by atoms with Crippen LogP contribution >= 0.6 is 0 Å². The SMILES string of the molecule is CN(CCc1cn[nH]c1)c1ccc(-c2nc(-c3ccccc3F)no2)cn1. The molecule has 8 heteroatoms. The van der Waals surface area contributed by atoms with E-state index in [1.165, 1.54) is 6.07 Å². The first-order valence-corrected chi connectivity index (χ1v) is 8.44. The molecule has 136 valence electrons. The van der Waals surface area contributed by atoms with Crippen LogP contribution in [-0.4, -0.2) is 38.9 Å². The predicted octanol–water partition coefficient (Wildman–Crippen LogP) is 3.34. The summed E-state index contributed by atoms with van der Waals surface area (Å²) in [6.07, 6.45) is 6.23. The zero-order valence-corrected chi connectivity index (χ0v) is 14.6. The molecule has 0 saturated carbocycles. The van der Waals surface area contributed by atoms with Crippen molar-refractivity contribution in [3.05, 3.63) is 66.4 Å². The fourth-order valence-electron chi connectivity index (χ4n) is 2.66. The van der Waals surface area contributed by atoms with Gasteiger partial charge in [-0.15, -0.1) is 0 Å². The van der Waals surface area contributed by atoms with Crippen LogP contribution in [0.15, 0.2) is 59.5 Å². The number of rotatable bonds is 6. The summed E-state index contributed by atoms with van der Waals surface area (Å²) in [7, 11) is 1.98. The molecule has 1 N–H and O–H groups in total. The van der Waals surface area contributed by atoms with Crippen LogP contribution in [0.4, 0.5) is 10.2 Å². The molecule has 0 aliphatic rings. The summed E-state index contributed by atoms with van der Waals surface area (Å²) in [6, 6.07) is 10.1. The number of hydrogen-bond donors (Lipinski definition) is 1. The van der Waals surface area contributed by atoms with Crippen LogP contribution < -0.4 is 4.90 Å². The summed E-state index contributed by atoms with van der Waals surface area (Å²) in [5.74, 6) is 0.950. The van der Waals surface area contributed by atoms with E-state index in [2.05, 4.69) is 30.2 Å². The van der Waals surface area contributed by atoms with E-state index in [0.717, 1.165) is 24.3 Å². The van der Waals surface area contributed by atoms with Gasteiger partial charge in [0.25, 0.3) is 5.89 Å². The molecule has 0 atom stereocenters. The van der Waals surface area contributed by atoms with E-state index in [9.17, 15) is 4.39 Å². The van der Waals surface area contributed by atoms with Crippen molar-refractivity contribution in [2.24, 2.45) is 0 Å². The van der Waals surface area contributed by atoms with Crippen molar-refractivity contribution in [2.75, 3.05) is 18.5 Å². The first-order chi connectivity index (χ1) is 13.2. The standard InChI is InChI=1S/C19H17FN6O/c1-26(9-8-13-10-22-23-11-13)17-7-6-14(12-21-17)19-24-18(25-27-19)15-4-2-3-5-16(15)20/h2-7,10-12H,8-9H2,1H3,(H,22,23). The summed E-state index contributed by atoms with van der Waals surface area (Å²) in [5, 5.41) is 10.6. The summed E-state index contributed by atoms with van der Waals surface area (Å²) < 4.78 is 19.1. The average Bonchev–Trinajstić information content (AvgIpc) is 3.39. The lowest BCUT2D eigenvalue weighted by atomic mass is 10.2. The largest absolute Gasteiger partial charge is 0.359 e. The van der Waals surface area contributed by atoms with Gasteiger partial charge in [-0.3, -0.25) is 5.10 Å². The van der Waals surface area contributed by atoms with Gasteiger partial charge in [-0.2, -0.15) is 10.1 Å². The van der Waals surface area contributed by atoms with E-state index in [-0.39, 0.29) is 5.82 Å². The molecule has 0 aliphatic carbocycles. The number of nitrogens with zero attached hydrogens (tertiary/aromatic N) is 5. The molecular formula is C19H17FN6O. The third-order valence-electron chi connectivity index (χ3n) is 4.22. The maximum absolute atomic E-state index is 13.9. The Labute approximate surface area is 154 Å². The summed E-state index contributed by atoms with van der Waals surface area (Å²) in [6.45, 7) is 0.809. The highest BCUT2D eigenvalue weighted by Gasteiger charge is 2.14. The molecule has 0 radical (unpaired) electrons. The van der Waals surface area contributed by atoms with Gasteiger partial charge in [-0.1, -0.05) is 17.3 Å².